The van der Waals surface area contributed by atoms with Gasteiger partial charge in [-0.1, -0.05) is 24.3 Å². The van der Waals surface area contributed by atoms with Crippen molar-refractivity contribution in [2.75, 3.05) is 18.1 Å². The van der Waals surface area contributed by atoms with Crippen molar-refractivity contribution in [3.63, 3.8) is 0 Å². The minimum atomic E-state index is -3.59. The van der Waals surface area contributed by atoms with Gasteiger partial charge in [0.25, 0.3) is 0 Å². The Kier molecular flexibility index (Phi) is 4.15. The van der Waals surface area contributed by atoms with Crippen LogP contribution in [0.5, 0.6) is 0 Å². The molecule has 106 valence electrons. The van der Waals surface area contributed by atoms with Crippen LogP contribution in [0.15, 0.2) is 41.3 Å². The first-order chi connectivity index (χ1) is 9.42. The average molecular weight is 314 g/mol. The van der Waals surface area contributed by atoms with Gasteiger partial charge in [-0.3, -0.25) is 0 Å². The highest BCUT2D eigenvalue weighted by atomic mass is 35.5. The third-order valence-corrected chi connectivity index (χ3v) is 4.66. The number of sulfone groups is 1. The molecule has 2 aromatic carbocycles. The highest BCUT2D eigenvalue weighted by Gasteiger charge is 2.18. The average Bonchev–Trinajstić information content (AvgIpc) is 2.38. The Morgan fingerprint density at radius 3 is 2.45 bits per heavy atom. The molecular weight excluding hydrogens is 302 g/mol. The molecule has 0 saturated heterocycles. The lowest BCUT2D eigenvalue weighted by molar-refractivity contribution is 0.180. The molecule has 0 amide bonds. The number of rotatable bonds is 4. The lowest BCUT2D eigenvalue weighted by Crippen LogP contribution is -2.13. The third kappa shape index (κ3) is 3.02. The van der Waals surface area contributed by atoms with Crippen LogP contribution < -0.4 is 5.73 Å². The van der Waals surface area contributed by atoms with Gasteiger partial charge in [0.15, 0.2) is 9.84 Å². The lowest BCUT2D eigenvalue weighted by Gasteiger charge is -2.09. The van der Waals surface area contributed by atoms with Crippen LogP contribution in [0.1, 0.15) is 0 Å². The number of carbonyl (C=O) groups is 1. The molecule has 0 saturated carbocycles. The second-order valence-electron chi connectivity index (χ2n) is 4.10. The predicted octanol–water partition coefficient (Wildman–Crippen LogP) is 2.57. The Balaban J connectivity index is 2.42. The standard InChI is InChI=1S/C13H12ClNO4S/c14-13(16)19-7-8-20(17,18)12-6-5-11(15)9-3-1-2-4-10(9)12/h1-6H,7-8,15H2. The topological polar surface area (TPSA) is 86.5 Å². The van der Waals surface area contributed by atoms with E-state index in [-0.39, 0.29) is 17.3 Å². The van der Waals surface area contributed by atoms with Gasteiger partial charge < -0.3 is 10.5 Å². The number of carbonyl (C=O) groups excluding carboxylic acids is 1. The summed E-state index contributed by atoms with van der Waals surface area (Å²) in [4.78, 5) is 10.6. The van der Waals surface area contributed by atoms with Crippen molar-refractivity contribution in [1.29, 1.82) is 0 Å². The van der Waals surface area contributed by atoms with Crippen molar-refractivity contribution in [2.24, 2.45) is 0 Å². The Bertz CT molecular complexity index is 758. The predicted molar refractivity (Wildman–Crippen MR) is 77.6 cm³/mol. The van der Waals surface area contributed by atoms with E-state index in [1.165, 1.54) is 6.07 Å². The summed E-state index contributed by atoms with van der Waals surface area (Å²) in [5.74, 6) is -0.334. The van der Waals surface area contributed by atoms with Crippen LogP contribution in [0.3, 0.4) is 0 Å². The minimum Gasteiger partial charge on any atom is -0.453 e. The maximum Gasteiger partial charge on any atom is 0.403 e. The van der Waals surface area contributed by atoms with E-state index in [1.807, 2.05) is 0 Å². The number of hydrogen-bond acceptors (Lipinski definition) is 5. The molecule has 0 unspecified atom stereocenters. The summed E-state index contributed by atoms with van der Waals surface area (Å²) in [6, 6.07) is 9.96. The van der Waals surface area contributed by atoms with E-state index in [2.05, 4.69) is 4.74 Å². The molecular formula is C13H12ClNO4S. The summed E-state index contributed by atoms with van der Waals surface area (Å²) < 4.78 is 29.0. The Morgan fingerprint density at radius 1 is 1.15 bits per heavy atom. The number of ether oxygens (including phenoxy) is 1. The third-order valence-electron chi connectivity index (χ3n) is 2.82. The van der Waals surface area contributed by atoms with E-state index in [0.29, 0.717) is 16.5 Å². The first kappa shape index (κ1) is 14.6. The maximum atomic E-state index is 12.3. The summed E-state index contributed by atoms with van der Waals surface area (Å²) in [5, 5.41) is 1.22. The Labute approximate surface area is 121 Å². The zero-order chi connectivity index (χ0) is 14.8. The molecule has 0 atom stereocenters. The molecule has 2 aromatic rings. The van der Waals surface area contributed by atoms with Gasteiger partial charge in [0, 0.05) is 28.1 Å². The van der Waals surface area contributed by atoms with Gasteiger partial charge in [-0.2, -0.15) is 0 Å². The van der Waals surface area contributed by atoms with Crippen LogP contribution in [-0.2, 0) is 14.6 Å². The molecule has 0 fully saturated rings. The Hall–Kier alpha value is -1.79. The second-order valence-corrected chi connectivity index (χ2v) is 6.49. The molecule has 0 aliphatic rings. The van der Waals surface area contributed by atoms with Crippen LogP contribution in [0.2, 0.25) is 0 Å². The highest BCUT2D eigenvalue weighted by molar-refractivity contribution is 7.91. The van der Waals surface area contributed by atoms with Crippen molar-refractivity contribution in [1.82, 2.24) is 0 Å². The maximum absolute atomic E-state index is 12.3. The van der Waals surface area contributed by atoms with Crippen LogP contribution in [0.25, 0.3) is 10.8 Å². The van der Waals surface area contributed by atoms with E-state index in [1.54, 1.807) is 30.3 Å². The van der Waals surface area contributed by atoms with Crippen LogP contribution in [0, 0.1) is 0 Å². The summed E-state index contributed by atoms with van der Waals surface area (Å²) in [6.07, 6.45) is 0. The fraction of sp³-hybridized carbons (Fsp3) is 0.154. The van der Waals surface area contributed by atoms with Gasteiger partial charge in [0.1, 0.15) is 6.61 Å². The van der Waals surface area contributed by atoms with E-state index in [0.717, 1.165) is 0 Å². The summed E-state index contributed by atoms with van der Waals surface area (Å²) in [6.45, 7) is -0.288. The highest BCUT2D eigenvalue weighted by Crippen LogP contribution is 2.28. The molecule has 7 heteroatoms. The number of hydrogen-bond donors (Lipinski definition) is 1. The molecule has 2 rings (SSSR count). The summed E-state index contributed by atoms with van der Waals surface area (Å²) >= 11 is 5.00. The summed E-state index contributed by atoms with van der Waals surface area (Å²) in [5.41, 5.74) is 5.31. The van der Waals surface area contributed by atoms with E-state index >= 15 is 0 Å². The number of anilines is 1. The number of nitrogens with two attached hydrogens (primary N) is 1. The van der Waals surface area contributed by atoms with Crippen molar-refractivity contribution in [3.05, 3.63) is 36.4 Å². The lowest BCUT2D eigenvalue weighted by atomic mass is 10.1. The van der Waals surface area contributed by atoms with Crippen molar-refractivity contribution < 1.29 is 17.9 Å². The molecule has 0 aromatic heterocycles. The van der Waals surface area contributed by atoms with E-state index in [9.17, 15) is 13.2 Å². The van der Waals surface area contributed by atoms with Crippen LogP contribution >= 0.6 is 11.6 Å². The summed E-state index contributed by atoms with van der Waals surface area (Å²) in [7, 11) is -3.59. The van der Waals surface area contributed by atoms with Crippen LogP contribution in [-0.4, -0.2) is 26.2 Å². The molecule has 5 nitrogen and oxygen atoms in total. The number of halogens is 1. The largest absolute Gasteiger partial charge is 0.453 e. The van der Waals surface area contributed by atoms with Gasteiger partial charge in [-0.25, -0.2) is 13.2 Å². The molecule has 0 bridgehead atoms. The SMILES string of the molecule is Nc1ccc(S(=O)(=O)CCOC(=O)Cl)c2ccccc12. The number of nitrogen functional groups attached to an aromatic ring is 1. The zero-order valence-electron chi connectivity index (χ0n) is 10.4. The van der Waals surface area contributed by atoms with Crippen LogP contribution in [0.4, 0.5) is 10.5 Å². The first-order valence-corrected chi connectivity index (χ1v) is 7.77. The molecule has 0 heterocycles. The molecule has 2 N–H and O–H groups in total. The van der Waals surface area contributed by atoms with Gasteiger partial charge in [-0.05, 0) is 12.1 Å². The van der Waals surface area contributed by atoms with E-state index in [4.69, 9.17) is 17.3 Å². The van der Waals surface area contributed by atoms with Crippen molar-refractivity contribution in [3.8, 4) is 0 Å². The van der Waals surface area contributed by atoms with Crippen molar-refractivity contribution in [2.45, 2.75) is 4.90 Å². The molecule has 0 aliphatic heterocycles. The number of benzene rings is 2. The monoisotopic (exact) mass is 313 g/mol. The zero-order valence-corrected chi connectivity index (χ0v) is 11.9. The molecule has 0 spiro atoms. The second kappa shape index (κ2) is 5.68. The normalized spacial score (nSPS) is 11.4. The van der Waals surface area contributed by atoms with Gasteiger partial charge in [0.2, 0.25) is 0 Å². The molecule has 20 heavy (non-hydrogen) atoms. The van der Waals surface area contributed by atoms with Gasteiger partial charge >= 0.3 is 5.43 Å². The quantitative estimate of drug-likeness (QED) is 0.692. The van der Waals surface area contributed by atoms with E-state index < -0.39 is 15.3 Å². The minimum absolute atomic E-state index is 0.160. The Morgan fingerprint density at radius 2 is 1.80 bits per heavy atom. The number of fused-ring (bicyclic) bond motifs is 1. The fourth-order valence-corrected chi connectivity index (χ4v) is 3.30. The molecule has 0 radical (unpaired) electrons. The fourth-order valence-electron chi connectivity index (χ4n) is 1.91. The van der Waals surface area contributed by atoms with Crippen molar-refractivity contribution >= 4 is 43.3 Å². The first-order valence-electron chi connectivity index (χ1n) is 5.74. The van der Waals surface area contributed by atoms with Gasteiger partial charge in [-0.15, -0.1) is 0 Å². The van der Waals surface area contributed by atoms with Gasteiger partial charge in [0.05, 0.1) is 10.6 Å². The molecule has 0 aliphatic carbocycles. The smallest absolute Gasteiger partial charge is 0.403 e.